The van der Waals surface area contributed by atoms with Gasteiger partial charge in [0.05, 0.1) is 35.5 Å². The van der Waals surface area contributed by atoms with Gasteiger partial charge in [-0.2, -0.15) is 5.10 Å². The molecule has 5 rings (SSSR count). The summed E-state index contributed by atoms with van der Waals surface area (Å²) in [6, 6.07) is 13.5. The molecular formula is C28H32N6O5. The number of carbonyl (C=O) groups is 3. The number of amides is 4. The van der Waals surface area contributed by atoms with E-state index in [2.05, 4.69) is 21.0 Å². The minimum Gasteiger partial charge on any atom is -0.490 e. The highest BCUT2D eigenvalue weighted by Crippen LogP contribution is 2.32. The number of aromatic nitrogens is 2. The van der Waals surface area contributed by atoms with Crippen LogP contribution in [-0.2, 0) is 16.6 Å². The number of nitrogens with zero attached hydrogens (tertiary/aromatic N) is 3. The number of benzene rings is 2. The maximum atomic E-state index is 13.5. The third-order valence-corrected chi connectivity index (χ3v) is 7.00. The molecule has 4 amide bonds. The Morgan fingerprint density at radius 2 is 1.79 bits per heavy atom. The fraction of sp³-hybridized carbons (Fsp3) is 0.357. The Bertz CT molecular complexity index is 1370. The summed E-state index contributed by atoms with van der Waals surface area (Å²) in [5, 5.41) is 12.7. The number of hydrogen-bond acceptors (Lipinski definition) is 6. The lowest BCUT2D eigenvalue weighted by molar-refractivity contribution is -0.130. The molecule has 3 aromatic rings. The largest absolute Gasteiger partial charge is 0.490 e. The van der Waals surface area contributed by atoms with Gasteiger partial charge in [0.2, 0.25) is 5.91 Å². The molecule has 0 unspecified atom stereocenters. The maximum absolute atomic E-state index is 13.5. The number of hydrogen-bond donors (Lipinski definition) is 3. The number of urea groups is 1. The number of fused-ring (bicyclic) bond motifs is 2. The van der Waals surface area contributed by atoms with Gasteiger partial charge in [0.15, 0.2) is 0 Å². The van der Waals surface area contributed by atoms with E-state index in [1.165, 1.54) is 0 Å². The first-order valence-electron chi connectivity index (χ1n) is 12.9. The molecule has 1 aromatic heterocycles. The summed E-state index contributed by atoms with van der Waals surface area (Å²) in [4.78, 5) is 40.2. The zero-order valence-electron chi connectivity index (χ0n) is 22.1. The number of nitrogens with one attached hydrogen (secondary N) is 3. The van der Waals surface area contributed by atoms with Crippen molar-refractivity contribution in [2.75, 3.05) is 29.6 Å². The zero-order chi connectivity index (χ0) is 27.5. The average molecular weight is 533 g/mol. The predicted octanol–water partition coefficient (Wildman–Crippen LogP) is 3.78. The monoisotopic (exact) mass is 532 g/mol. The van der Waals surface area contributed by atoms with Crippen LogP contribution in [0.5, 0.6) is 5.75 Å². The van der Waals surface area contributed by atoms with E-state index in [4.69, 9.17) is 9.47 Å². The van der Waals surface area contributed by atoms with Crippen molar-refractivity contribution in [2.45, 2.75) is 44.4 Å². The number of para-hydroxylation sites is 1. The van der Waals surface area contributed by atoms with Gasteiger partial charge in [-0.15, -0.1) is 0 Å². The summed E-state index contributed by atoms with van der Waals surface area (Å²) < 4.78 is 14.0. The first kappa shape index (κ1) is 26.2. The molecule has 2 aliphatic rings. The van der Waals surface area contributed by atoms with Crippen molar-refractivity contribution in [3.63, 3.8) is 0 Å². The number of rotatable bonds is 5. The zero-order valence-corrected chi connectivity index (χ0v) is 22.1. The minimum atomic E-state index is -0.414. The van der Waals surface area contributed by atoms with E-state index in [0.717, 1.165) is 5.69 Å². The van der Waals surface area contributed by atoms with Crippen LogP contribution in [0, 0.1) is 6.92 Å². The third kappa shape index (κ3) is 6.04. The Morgan fingerprint density at radius 1 is 1.03 bits per heavy atom. The molecule has 11 nitrogen and oxygen atoms in total. The summed E-state index contributed by atoms with van der Waals surface area (Å²) in [6.07, 6.45) is 2.60. The second-order valence-corrected chi connectivity index (χ2v) is 9.88. The summed E-state index contributed by atoms with van der Waals surface area (Å²) in [5.74, 6) is 0.0425. The topological polar surface area (TPSA) is 127 Å². The van der Waals surface area contributed by atoms with E-state index in [1.54, 1.807) is 60.2 Å². The van der Waals surface area contributed by atoms with Crippen molar-refractivity contribution in [1.82, 2.24) is 14.7 Å². The van der Waals surface area contributed by atoms with Crippen LogP contribution >= 0.6 is 0 Å². The van der Waals surface area contributed by atoms with E-state index >= 15 is 0 Å². The van der Waals surface area contributed by atoms with Crippen LogP contribution in [0.4, 0.5) is 21.9 Å². The Labute approximate surface area is 226 Å². The summed E-state index contributed by atoms with van der Waals surface area (Å²) in [7, 11) is 3.55. The Hall–Kier alpha value is -4.38. The molecule has 3 heterocycles. The van der Waals surface area contributed by atoms with Crippen molar-refractivity contribution in [3.8, 4) is 5.75 Å². The Morgan fingerprint density at radius 3 is 2.54 bits per heavy atom. The van der Waals surface area contributed by atoms with Crippen LogP contribution in [0.2, 0.25) is 0 Å². The van der Waals surface area contributed by atoms with Gasteiger partial charge in [0.1, 0.15) is 18.5 Å². The van der Waals surface area contributed by atoms with Gasteiger partial charge in [-0.25, -0.2) is 4.79 Å². The second-order valence-electron chi connectivity index (χ2n) is 9.88. The molecule has 0 aliphatic carbocycles. The van der Waals surface area contributed by atoms with Gasteiger partial charge >= 0.3 is 6.03 Å². The standard InChI is InChI=1S/C28H32N6O5/c1-17-22(15-33(2)32-17)31-26(35)14-20-10-11-23-25(39-20)16-38-24-12-9-19(13-21(24)27(36)34(23)3)30-28(37)29-18-7-5-4-6-8-18/h4-9,12-13,15,20,23,25H,10-11,14,16H2,1-3H3,(H,31,35)(H2,29,30,37)/t20-,23+,25-/m1/s1. The molecule has 1 saturated heterocycles. The van der Waals surface area contributed by atoms with E-state index in [1.807, 2.05) is 25.1 Å². The quantitative estimate of drug-likeness (QED) is 0.459. The minimum absolute atomic E-state index is 0.146. The van der Waals surface area contributed by atoms with Gasteiger partial charge in [-0.3, -0.25) is 14.3 Å². The molecule has 11 heteroatoms. The van der Waals surface area contributed by atoms with Crippen LogP contribution in [0.1, 0.15) is 35.3 Å². The second kappa shape index (κ2) is 11.2. The van der Waals surface area contributed by atoms with Crippen LogP contribution in [0.25, 0.3) is 0 Å². The van der Waals surface area contributed by atoms with Crippen LogP contribution in [0.3, 0.4) is 0 Å². The molecule has 204 valence electrons. The number of aryl methyl sites for hydroxylation is 2. The lowest BCUT2D eigenvalue weighted by Gasteiger charge is -2.42. The lowest BCUT2D eigenvalue weighted by atomic mass is 9.94. The lowest BCUT2D eigenvalue weighted by Crippen LogP contribution is -2.53. The highest BCUT2D eigenvalue weighted by molar-refractivity contribution is 6.02. The molecule has 39 heavy (non-hydrogen) atoms. The molecule has 3 N–H and O–H groups in total. The van der Waals surface area contributed by atoms with Crippen molar-refractivity contribution in [3.05, 3.63) is 66.0 Å². The van der Waals surface area contributed by atoms with Gasteiger partial charge < -0.3 is 30.3 Å². The Kier molecular flexibility index (Phi) is 7.51. The first-order valence-corrected chi connectivity index (χ1v) is 12.9. The van der Waals surface area contributed by atoms with Crippen LogP contribution in [0.15, 0.2) is 54.7 Å². The highest BCUT2D eigenvalue weighted by atomic mass is 16.5. The summed E-state index contributed by atoms with van der Waals surface area (Å²) in [6.45, 7) is 2.07. The van der Waals surface area contributed by atoms with E-state index in [9.17, 15) is 14.4 Å². The molecule has 2 aliphatic heterocycles. The van der Waals surface area contributed by atoms with Crippen molar-refractivity contribution < 1.29 is 23.9 Å². The fourth-order valence-corrected chi connectivity index (χ4v) is 5.05. The van der Waals surface area contributed by atoms with E-state index < -0.39 is 6.03 Å². The van der Waals surface area contributed by atoms with Gasteiger partial charge in [-0.1, -0.05) is 18.2 Å². The smallest absolute Gasteiger partial charge is 0.323 e. The van der Waals surface area contributed by atoms with Crippen LogP contribution in [-0.4, -0.2) is 64.4 Å². The third-order valence-electron chi connectivity index (χ3n) is 7.00. The van der Waals surface area contributed by atoms with Gasteiger partial charge in [-0.05, 0) is 50.1 Å². The Balaban J connectivity index is 1.23. The van der Waals surface area contributed by atoms with Crippen molar-refractivity contribution in [2.24, 2.45) is 7.05 Å². The van der Waals surface area contributed by atoms with Crippen molar-refractivity contribution >= 4 is 34.9 Å². The number of carbonyl (C=O) groups excluding carboxylic acids is 3. The van der Waals surface area contributed by atoms with Gasteiger partial charge in [0, 0.05) is 31.7 Å². The molecule has 0 saturated carbocycles. The highest BCUT2D eigenvalue weighted by Gasteiger charge is 2.39. The van der Waals surface area contributed by atoms with Crippen LogP contribution < -0.4 is 20.7 Å². The first-order chi connectivity index (χ1) is 18.8. The number of anilines is 3. The molecule has 2 aromatic carbocycles. The number of likely N-dealkylation sites (N-methyl/N-ethyl adjacent to an activating group) is 1. The van der Waals surface area contributed by atoms with Crippen molar-refractivity contribution in [1.29, 1.82) is 0 Å². The van der Waals surface area contributed by atoms with E-state index in [-0.39, 0.29) is 43.1 Å². The van der Waals surface area contributed by atoms with Gasteiger partial charge in [0.25, 0.3) is 5.91 Å². The predicted molar refractivity (Wildman–Crippen MR) is 146 cm³/mol. The molecular weight excluding hydrogens is 500 g/mol. The molecule has 0 radical (unpaired) electrons. The maximum Gasteiger partial charge on any atom is 0.323 e. The fourth-order valence-electron chi connectivity index (χ4n) is 5.05. The summed E-state index contributed by atoms with van der Waals surface area (Å²) >= 11 is 0. The SMILES string of the molecule is Cc1nn(C)cc1NC(=O)C[C@H]1CC[C@H]2[C@@H](COc3ccc(NC(=O)Nc4ccccc4)cc3C(=O)N2C)O1. The average Bonchev–Trinajstić information content (AvgIpc) is 3.22. The molecule has 0 spiro atoms. The molecule has 1 fully saturated rings. The normalized spacial score (nSPS) is 20.5. The molecule has 0 bridgehead atoms. The van der Waals surface area contributed by atoms with E-state index in [0.29, 0.717) is 41.2 Å². The number of ether oxygens (including phenoxy) is 2. The summed E-state index contributed by atoms with van der Waals surface area (Å²) in [5.41, 5.74) is 2.92. The molecule has 3 atom stereocenters.